The average Bonchev–Trinajstić information content (AvgIpc) is 2.28. The van der Waals surface area contributed by atoms with Crippen molar-refractivity contribution in [3.8, 4) is 5.75 Å². The molecule has 0 aliphatic rings. The van der Waals surface area contributed by atoms with E-state index in [1.807, 2.05) is 6.92 Å². The SMILES string of the molecule is CC(C)CCCn1ncc(OCC(C)N)cc1=O. The molecular weight excluding hydrogens is 230 g/mol. The van der Waals surface area contributed by atoms with E-state index >= 15 is 0 Å². The molecule has 1 unspecified atom stereocenters. The fraction of sp³-hybridized carbons (Fsp3) is 0.692. The second-order valence-electron chi connectivity index (χ2n) is 5.08. The molecule has 0 saturated carbocycles. The summed E-state index contributed by atoms with van der Waals surface area (Å²) in [5.41, 5.74) is 5.45. The molecule has 102 valence electrons. The van der Waals surface area contributed by atoms with E-state index < -0.39 is 0 Å². The monoisotopic (exact) mass is 253 g/mol. The Labute approximate surface area is 108 Å². The van der Waals surface area contributed by atoms with E-state index in [1.165, 1.54) is 10.7 Å². The predicted octanol–water partition coefficient (Wildman–Crippen LogP) is 1.41. The highest BCUT2D eigenvalue weighted by molar-refractivity contribution is 5.13. The molecule has 1 heterocycles. The summed E-state index contributed by atoms with van der Waals surface area (Å²) in [6, 6.07) is 1.41. The van der Waals surface area contributed by atoms with Crippen LogP contribution in [-0.2, 0) is 6.54 Å². The number of rotatable bonds is 7. The fourth-order valence-electron chi connectivity index (χ4n) is 1.54. The summed E-state index contributed by atoms with van der Waals surface area (Å²) in [5, 5.41) is 4.09. The molecule has 0 aromatic carbocycles. The van der Waals surface area contributed by atoms with Gasteiger partial charge in [0.1, 0.15) is 12.4 Å². The third-order valence-electron chi connectivity index (χ3n) is 2.51. The van der Waals surface area contributed by atoms with Crippen molar-refractivity contribution >= 4 is 0 Å². The van der Waals surface area contributed by atoms with E-state index in [1.54, 1.807) is 6.20 Å². The third kappa shape index (κ3) is 5.31. The third-order valence-corrected chi connectivity index (χ3v) is 2.51. The number of ether oxygens (including phenoxy) is 1. The molecule has 1 atom stereocenters. The maximum atomic E-state index is 11.7. The van der Waals surface area contributed by atoms with Crippen LogP contribution in [0, 0.1) is 5.92 Å². The van der Waals surface area contributed by atoms with Crippen LogP contribution >= 0.6 is 0 Å². The van der Waals surface area contributed by atoms with Crippen molar-refractivity contribution in [3.63, 3.8) is 0 Å². The second-order valence-corrected chi connectivity index (χ2v) is 5.08. The number of nitrogens with zero attached hydrogens (tertiary/aromatic N) is 2. The van der Waals surface area contributed by atoms with Crippen molar-refractivity contribution in [2.24, 2.45) is 11.7 Å². The summed E-state index contributed by atoms with van der Waals surface area (Å²) >= 11 is 0. The minimum atomic E-state index is -0.124. The minimum absolute atomic E-state index is 0.0570. The topological polar surface area (TPSA) is 70.1 Å². The summed E-state index contributed by atoms with van der Waals surface area (Å²) in [5.74, 6) is 1.13. The van der Waals surface area contributed by atoms with Gasteiger partial charge in [0.25, 0.3) is 5.56 Å². The molecule has 5 nitrogen and oxygen atoms in total. The minimum Gasteiger partial charge on any atom is -0.490 e. The van der Waals surface area contributed by atoms with Crippen LogP contribution in [-0.4, -0.2) is 22.4 Å². The first-order chi connectivity index (χ1) is 8.49. The molecule has 2 N–H and O–H groups in total. The highest BCUT2D eigenvalue weighted by Crippen LogP contribution is 2.06. The molecule has 0 spiro atoms. The maximum absolute atomic E-state index is 11.7. The van der Waals surface area contributed by atoms with Crippen LogP contribution in [0.1, 0.15) is 33.6 Å². The summed E-state index contributed by atoms with van der Waals surface area (Å²) in [4.78, 5) is 11.7. The van der Waals surface area contributed by atoms with Gasteiger partial charge >= 0.3 is 0 Å². The molecule has 18 heavy (non-hydrogen) atoms. The molecule has 0 fully saturated rings. The van der Waals surface area contributed by atoms with Crippen molar-refractivity contribution in [1.82, 2.24) is 9.78 Å². The van der Waals surface area contributed by atoms with Gasteiger partial charge in [-0.25, -0.2) is 4.68 Å². The van der Waals surface area contributed by atoms with E-state index in [0.29, 0.717) is 24.8 Å². The van der Waals surface area contributed by atoms with E-state index in [-0.39, 0.29) is 11.6 Å². The van der Waals surface area contributed by atoms with Crippen LogP contribution in [0.2, 0.25) is 0 Å². The lowest BCUT2D eigenvalue weighted by molar-refractivity contribution is 0.292. The van der Waals surface area contributed by atoms with Gasteiger partial charge in [-0.3, -0.25) is 4.79 Å². The molecule has 5 heteroatoms. The lowest BCUT2D eigenvalue weighted by atomic mass is 10.1. The molecule has 0 aliphatic heterocycles. The van der Waals surface area contributed by atoms with Gasteiger partial charge in [-0.2, -0.15) is 5.10 Å². The normalized spacial score (nSPS) is 12.7. The van der Waals surface area contributed by atoms with Crippen LogP contribution in [0.25, 0.3) is 0 Å². The quantitative estimate of drug-likeness (QED) is 0.797. The summed E-state index contributed by atoms with van der Waals surface area (Å²) in [6.45, 7) is 7.23. The first-order valence-corrected chi connectivity index (χ1v) is 6.44. The molecular formula is C13H23N3O2. The Morgan fingerprint density at radius 1 is 1.44 bits per heavy atom. The standard InChI is InChI=1S/C13H23N3O2/c1-10(2)5-4-6-16-13(17)7-12(8-15-16)18-9-11(3)14/h7-8,10-11H,4-6,9,14H2,1-3H3. The molecule has 0 saturated heterocycles. The Morgan fingerprint density at radius 2 is 2.17 bits per heavy atom. The van der Waals surface area contributed by atoms with E-state index in [9.17, 15) is 4.79 Å². The summed E-state index contributed by atoms with van der Waals surface area (Å²) < 4.78 is 6.82. The number of hydrogen-bond acceptors (Lipinski definition) is 4. The van der Waals surface area contributed by atoms with Gasteiger partial charge in [-0.15, -0.1) is 0 Å². The smallest absolute Gasteiger partial charge is 0.270 e. The van der Waals surface area contributed by atoms with Crippen LogP contribution in [0.4, 0.5) is 0 Å². The zero-order valence-electron chi connectivity index (χ0n) is 11.4. The number of aryl methyl sites for hydroxylation is 1. The Kier molecular flexibility index (Phi) is 5.85. The highest BCUT2D eigenvalue weighted by atomic mass is 16.5. The zero-order chi connectivity index (χ0) is 13.5. The van der Waals surface area contributed by atoms with Crippen molar-refractivity contribution < 1.29 is 4.74 Å². The van der Waals surface area contributed by atoms with Crippen LogP contribution in [0.3, 0.4) is 0 Å². The molecule has 0 bridgehead atoms. The van der Waals surface area contributed by atoms with Crippen molar-refractivity contribution in [2.75, 3.05) is 6.61 Å². The molecule has 1 aromatic rings. The average molecular weight is 253 g/mol. The fourth-order valence-corrected chi connectivity index (χ4v) is 1.54. The van der Waals surface area contributed by atoms with Crippen molar-refractivity contribution in [2.45, 2.75) is 46.2 Å². The Hall–Kier alpha value is -1.36. The van der Waals surface area contributed by atoms with Crippen molar-refractivity contribution in [3.05, 3.63) is 22.6 Å². The van der Waals surface area contributed by atoms with Gasteiger partial charge in [0.05, 0.1) is 6.20 Å². The highest BCUT2D eigenvalue weighted by Gasteiger charge is 2.03. The van der Waals surface area contributed by atoms with Crippen LogP contribution < -0.4 is 16.0 Å². The van der Waals surface area contributed by atoms with Crippen LogP contribution in [0.5, 0.6) is 5.75 Å². The van der Waals surface area contributed by atoms with Gasteiger partial charge in [0, 0.05) is 18.7 Å². The zero-order valence-corrected chi connectivity index (χ0v) is 11.4. The lowest BCUT2D eigenvalue weighted by Gasteiger charge is -2.10. The predicted molar refractivity (Wildman–Crippen MR) is 71.7 cm³/mol. The van der Waals surface area contributed by atoms with E-state index in [2.05, 4.69) is 18.9 Å². The first kappa shape index (κ1) is 14.7. The Morgan fingerprint density at radius 3 is 2.72 bits per heavy atom. The lowest BCUT2D eigenvalue weighted by Crippen LogP contribution is -2.26. The maximum Gasteiger partial charge on any atom is 0.270 e. The molecule has 0 radical (unpaired) electrons. The molecule has 0 aliphatic carbocycles. The largest absolute Gasteiger partial charge is 0.490 e. The summed E-state index contributed by atoms with van der Waals surface area (Å²) in [6.07, 6.45) is 3.63. The van der Waals surface area contributed by atoms with Crippen LogP contribution in [0.15, 0.2) is 17.1 Å². The molecule has 0 amide bonds. The summed E-state index contributed by atoms with van der Waals surface area (Å²) in [7, 11) is 0. The van der Waals surface area contributed by atoms with E-state index in [0.717, 1.165) is 12.8 Å². The number of nitrogens with two attached hydrogens (primary N) is 1. The van der Waals surface area contributed by atoms with Gasteiger partial charge in [0.15, 0.2) is 0 Å². The van der Waals surface area contributed by atoms with Gasteiger partial charge < -0.3 is 10.5 Å². The number of hydrogen-bond donors (Lipinski definition) is 1. The van der Waals surface area contributed by atoms with Gasteiger partial charge in [0.2, 0.25) is 0 Å². The Bertz CT molecular complexity index is 413. The second kappa shape index (κ2) is 7.16. The van der Waals surface area contributed by atoms with Crippen molar-refractivity contribution in [1.29, 1.82) is 0 Å². The Balaban J connectivity index is 2.54. The first-order valence-electron chi connectivity index (χ1n) is 6.44. The number of aromatic nitrogens is 2. The molecule has 1 aromatic heterocycles. The molecule has 1 rings (SSSR count). The van der Waals surface area contributed by atoms with E-state index in [4.69, 9.17) is 10.5 Å². The van der Waals surface area contributed by atoms with Gasteiger partial charge in [-0.1, -0.05) is 13.8 Å². The van der Waals surface area contributed by atoms with Gasteiger partial charge in [-0.05, 0) is 25.7 Å².